The van der Waals surface area contributed by atoms with Crippen LogP contribution in [-0.2, 0) is 13.0 Å². The van der Waals surface area contributed by atoms with Crippen molar-refractivity contribution in [3.05, 3.63) is 29.3 Å². The fraction of sp³-hybridized carbons (Fsp3) is 0.684. The highest BCUT2D eigenvalue weighted by Gasteiger charge is 2.12. The Bertz CT molecular complexity index is 437. The van der Waals surface area contributed by atoms with Crippen LogP contribution in [-0.4, -0.2) is 50.6 Å². The zero-order valence-electron chi connectivity index (χ0n) is 14.6. The zero-order valence-corrected chi connectivity index (χ0v) is 14.6. The van der Waals surface area contributed by atoms with E-state index < -0.39 is 0 Å². The Morgan fingerprint density at radius 2 is 1.77 bits per heavy atom. The van der Waals surface area contributed by atoms with Gasteiger partial charge in [-0.2, -0.15) is 0 Å². The minimum atomic E-state index is 0.987. The Kier molecular flexibility index (Phi) is 7.20. The molecular weight excluding hydrogens is 272 g/mol. The summed E-state index contributed by atoms with van der Waals surface area (Å²) in [5.74, 6) is 0.987. The third kappa shape index (κ3) is 5.62. The monoisotopic (exact) mass is 304 g/mol. The largest absolute Gasteiger partial charge is 0.497 e. The highest BCUT2D eigenvalue weighted by atomic mass is 16.5. The van der Waals surface area contributed by atoms with Crippen LogP contribution < -0.4 is 4.74 Å². The third-order valence-electron chi connectivity index (χ3n) is 4.56. The second-order valence-corrected chi connectivity index (χ2v) is 6.73. The minimum Gasteiger partial charge on any atom is -0.497 e. The van der Waals surface area contributed by atoms with Gasteiger partial charge in [0.2, 0.25) is 0 Å². The van der Waals surface area contributed by atoms with Crippen molar-refractivity contribution in [2.24, 2.45) is 0 Å². The molecule has 3 heteroatoms. The zero-order chi connectivity index (χ0) is 15.8. The lowest BCUT2D eigenvalue weighted by Gasteiger charge is -2.22. The summed E-state index contributed by atoms with van der Waals surface area (Å²) in [6, 6.07) is 6.62. The highest BCUT2D eigenvalue weighted by Crippen LogP contribution is 2.22. The summed E-state index contributed by atoms with van der Waals surface area (Å²) >= 11 is 0. The van der Waals surface area contributed by atoms with Gasteiger partial charge in [-0.15, -0.1) is 0 Å². The van der Waals surface area contributed by atoms with Gasteiger partial charge in [0.1, 0.15) is 5.75 Å². The van der Waals surface area contributed by atoms with Crippen molar-refractivity contribution in [1.82, 2.24) is 9.80 Å². The normalized spacial score (nSPS) is 16.7. The molecule has 0 aliphatic carbocycles. The predicted molar refractivity (Wildman–Crippen MR) is 93.6 cm³/mol. The Hall–Kier alpha value is -1.06. The lowest BCUT2D eigenvalue weighted by atomic mass is 10.0. The van der Waals surface area contributed by atoms with Crippen molar-refractivity contribution in [2.45, 2.75) is 45.1 Å². The average molecular weight is 304 g/mol. The van der Waals surface area contributed by atoms with E-state index in [0.29, 0.717) is 0 Å². The summed E-state index contributed by atoms with van der Waals surface area (Å²) in [5, 5.41) is 0. The molecule has 1 aliphatic rings. The van der Waals surface area contributed by atoms with E-state index in [1.54, 1.807) is 7.11 Å². The molecule has 1 saturated heterocycles. The predicted octanol–water partition coefficient (Wildman–Crippen LogP) is 3.57. The fourth-order valence-corrected chi connectivity index (χ4v) is 3.24. The number of hydrogen-bond donors (Lipinski definition) is 0. The maximum Gasteiger partial charge on any atom is 0.119 e. The van der Waals surface area contributed by atoms with Crippen molar-refractivity contribution in [3.63, 3.8) is 0 Å². The van der Waals surface area contributed by atoms with Crippen LogP contribution in [0, 0.1) is 0 Å². The maximum atomic E-state index is 5.44. The van der Waals surface area contributed by atoms with Gasteiger partial charge in [-0.05, 0) is 82.7 Å². The molecular formula is C19H32N2O. The van der Waals surface area contributed by atoms with E-state index in [9.17, 15) is 0 Å². The van der Waals surface area contributed by atoms with Gasteiger partial charge in [-0.3, -0.25) is 4.90 Å². The number of benzene rings is 1. The van der Waals surface area contributed by atoms with Gasteiger partial charge in [-0.25, -0.2) is 0 Å². The Labute approximate surface area is 136 Å². The van der Waals surface area contributed by atoms with Crippen molar-refractivity contribution in [2.75, 3.05) is 40.8 Å². The molecule has 0 spiro atoms. The molecule has 22 heavy (non-hydrogen) atoms. The van der Waals surface area contributed by atoms with E-state index in [0.717, 1.165) is 25.3 Å². The highest BCUT2D eigenvalue weighted by molar-refractivity contribution is 5.36. The van der Waals surface area contributed by atoms with E-state index >= 15 is 0 Å². The SMILES string of the molecule is COc1ccc(CCCN(C)C)c(CN2CCCCCC2)c1. The Balaban J connectivity index is 2.04. The molecule has 0 unspecified atom stereocenters. The molecule has 0 atom stereocenters. The second-order valence-electron chi connectivity index (χ2n) is 6.73. The minimum absolute atomic E-state index is 0.987. The van der Waals surface area contributed by atoms with Crippen molar-refractivity contribution >= 4 is 0 Å². The Morgan fingerprint density at radius 1 is 1.05 bits per heavy atom. The molecule has 1 aromatic rings. The molecule has 1 aliphatic heterocycles. The first kappa shape index (κ1) is 17.3. The average Bonchev–Trinajstić information content (AvgIpc) is 2.77. The second kappa shape index (κ2) is 9.16. The van der Waals surface area contributed by atoms with E-state index in [4.69, 9.17) is 4.74 Å². The molecule has 0 N–H and O–H groups in total. The van der Waals surface area contributed by atoms with Crippen LogP contribution in [0.5, 0.6) is 5.75 Å². The summed E-state index contributed by atoms with van der Waals surface area (Å²) < 4.78 is 5.44. The molecule has 0 bridgehead atoms. The molecule has 2 rings (SSSR count). The van der Waals surface area contributed by atoms with Gasteiger partial charge in [0.15, 0.2) is 0 Å². The first-order chi connectivity index (χ1) is 10.7. The van der Waals surface area contributed by atoms with Crippen molar-refractivity contribution < 1.29 is 4.74 Å². The summed E-state index contributed by atoms with van der Waals surface area (Å²) in [6.45, 7) is 4.71. The van der Waals surface area contributed by atoms with Gasteiger partial charge >= 0.3 is 0 Å². The number of ether oxygens (including phenoxy) is 1. The molecule has 3 nitrogen and oxygen atoms in total. The number of hydrogen-bond acceptors (Lipinski definition) is 3. The van der Waals surface area contributed by atoms with E-state index in [2.05, 4.69) is 42.1 Å². The van der Waals surface area contributed by atoms with Crippen molar-refractivity contribution in [3.8, 4) is 5.75 Å². The quantitative estimate of drug-likeness (QED) is 0.766. The lowest BCUT2D eigenvalue weighted by Crippen LogP contribution is -2.24. The van der Waals surface area contributed by atoms with Crippen LogP contribution in [0.2, 0.25) is 0 Å². The van der Waals surface area contributed by atoms with Crippen LogP contribution in [0.3, 0.4) is 0 Å². The number of nitrogens with zero attached hydrogens (tertiary/aromatic N) is 2. The first-order valence-electron chi connectivity index (χ1n) is 8.72. The summed E-state index contributed by atoms with van der Waals surface area (Å²) in [7, 11) is 6.05. The number of methoxy groups -OCH3 is 1. The first-order valence-corrected chi connectivity index (χ1v) is 8.72. The Morgan fingerprint density at radius 3 is 2.41 bits per heavy atom. The van der Waals surface area contributed by atoms with Gasteiger partial charge in [0, 0.05) is 6.54 Å². The molecule has 0 aromatic heterocycles. The molecule has 0 amide bonds. The standard InChI is InChI=1S/C19H32N2O/c1-20(2)12-8-9-17-10-11-19(22-3)15-18(17)16-21-13-6-4-5-7-14-21/h10-11,15H,4-9,12-14,16H2,1-3H3. The summed E-state index contributed by atoms with van der Waals surface area (Å²) in [4.78, 5) is 4.88. The molecule has 124 valence electrons. The van der Waals surface area contributed by atoms with Gasteiger partial charge in [-0.1, -0.05) is 18.9 Å². The van der Waals surface area contributed by atoms with Crippen LogP contribution in [0.1, 0.15) is 43.2 Å². The number of aryl methyl sites for hydroxylation is 1. The van der Waals surface area contributed by atoms with Gasteiger partial charge in [0.05, 0.1) is 7.11 Å². The summed E-state index contributed by atoms with van der Waals surface area (Å²) in [5.41, 5.74) is 2.95. The molecule has 1 fully saturated rings. The number of rotatable bonds is 7. The molecule has 1 heterocycles. The van der Waals surface area contributed by atoms with Crippen LogP contribution in [0.15, 0.2) is 18.2 Å². The van der Waals surface area contributed by atoms with Gasteiger partial charge in [0.25, 0.3) is 0 Å². The van der Waals surface area contributed by atoms with E-state index in [1.807, 2.05) is 0 Å². The van der Waals surface area contributed by atoms with Gasteiger partial charge < -0.3 is 9.64 Å². The van der Waals surface area contributed by atoms with Crippen LogP contribution in [0.4, 0.5) is 0 Å². The van der Waals surface area contributed by atoms with Crippen molar-refractivity contribution in [1.29, 1.82) is 0 Å². The lowest BCUT2D eigenvalue weighted by molar-refractivity contribution is 0.275. The fourth-order valence-electron chi connectivity index (χ4n) is 3.24. The maximum absolute atomic E-state index is 5.44. The van der Waals surface area contributed by atoms with E-state index in [-0.39, 0.29) is 0 Å². The molecule has 0 radical (unpaired) electrons. The third-order valence-corrected chi connectivity index (χ3v) is 4.56. The van der Waals surface area contributed by atoms with Crippen LogP contribution >= 0.6 is 0 Å². The molecule has 0 saturated carbocycles. The molecule has 1 aromatic carbocycles. The smallest absolute Gasteiger partial charge is 0.119 e. The topological polar surface area (TPSA) is 15.7 Å². The van der Waals surface area contributed by atoms with E-state index in [1.165, 1.54) is 56.3 Å². The number of likely N-dealkylation sites (tertiary alicyclic amines) is 1. The summed E-state index contributed by atoms with van der Waals surface area (Å²) in [6.07, 6.45) is 7.85. The van der Waals surface area contributed by atoms with Crippen LogP contribution in [0.25, 0.3) is 0 Å².